The molecule has 0 fully saturated rings. The molecule has 0 atom stereocenters. The summed E-state index contributed by atoms with van der Waals surface area (Å²) in [5, 5.41) is 2.01. The third-order valence-corrected chi connectivity index (χ3v) is 14.7. The molecule has 0 saturated heterocycles. The molecule has 9 aromatic rings. The molecular formula is C51H48GeIrN4O-2. The van der Waals surface area contributed by atoms with Gasteiger partial charge in [-0.2, -0.15) is 0 Å². The Bertz CT molecular complexity index is 2940. The quantitative estimate of drug-likeness (QED) is 0.118. The van der Waals surface area contributed by atoms with Gasteiger partial charge in [0.25, 0.3) is 0 Å². The van der Waals surface area contributed by atoms with Gasteiger partial charge in [0, 0.05) is 37.4 Å². The van der Waals surface area contributed by atoms with E-state index in [1.807, 2.05) is 60.7 Å². The first-order valence-electron chi connectivity index (χ1n) is 21.1. The van der Waals surface area contributed by atoms with Crippen LogP contribution in [0.4, 0.5) is 0 Å². The number of pyridine rings is 2. The van der Waals surface area contributed by atoms with Gasteiger partial charge in [0.1, 0.15) is 0 Å². The first kappa shape index (κ1) is 37.2. The van der Waals surface area contributed by atoms with Crippen molar-refractivity contribution in [2.45, 2.75) is 63.7 Å². The number of aromatic nitrogens is 4. The molecule has 0 unspecified atom stereocenters. The smallest absolute Gasteiger partial charge is 0 e. The van der Waals surface area contributed by atoms with Crippen molar-refractivity contribution in [1.29, 1.82) is 0 Å². The largest absolute Gasteiger partial charge is 0 e. The van der Waals surface area contributed by atoms with Crippen molar-refractivity contribution in [2.24, 2.45) is 0 Å². The maximum Gasteiger partial charge on any atom is 0 e. The van der Waals surface area contributed by atoms with Crippen LogP contribution in [-0.2, 0) is 20.1 Å². The van der Waals surface area contributed by atoms with Gasteiger partial charge in [0.2, 0.25) is 5.71 Å². The van der Waals surface area contributed by atoms with Crippen molar-refractivity contribution in [2.75, 3.05) is 0 Å². The second kappa shape index (κ2) is 17.0. The van der Waals surface area contributed by atoms with Gasteiger partial charge in [-0.1, -0.05) is 81.1 Å². The standard InChI is InChI=1S/C36H30N3O.C15H18GeN.Ir/c1-22(2)29-20-25(24-12-6-5-7-13-24)21-30(23(3)4)33(29)39-32-18-9-8-17-31(32)38-35(39)28-15-10-14-26-27-16-11-19-37-36(27)40-34(26)28;1-12-14(16(2,3)4)10-11-15(17-12)13-8-6-5-7-9-13;/h5-14,16-23H,1-4H3;5-8,10-11H,1-4H3;/q2*-1;/i;1D3;. The summed E-state index contributed by atoms with van der Waals surface area (Å²) < 4.78 is 32.9. The number of nitrogens with zero attached hydrogens (tertiary/aromatic N) is 4. The van der Waals surface area contributed by atoms with Crippen LogP contribution in [-0.4, -0.2) is 32.8 Å². The number of hydrogen-bond donors (Lipinski definition) is 0. The molecule has 0 N–H and O–H groups in total. The molecule has 7 heteroatoms. The number of para-hydroxylation sites is 2. The molecule has 0 saturated carbocycles. The zero-order valence-electron chi connectivity index (χ0n) is 36.9. The summed E-state index contributed by atoms with van der Waals surface area (Å²) in [7, 11) is 0. The number of hydrogen-bond acceptors (Lipinski definition) is 4. The van der Waals surface area contributed by atoms with Crippen LogP contribution in [0, 0.1) is 19.0 Å². The fourth-order valence-electron chi connectivity index (χ4n) is 7.55. The first-order valence-corrected chi connectivity index (χ1v) is 26.9. The van der Waals surface area contributed by atoms with Gasteiger partial charge in [-0.3, -0.25) is 4.98 Å². The summed E-state index contributed by atoms with van der Waals surface area (Å²) >= 11 is -2.27. The van der Waals surface area contributed by atoms with Crippen molar-refractivity contribution >= 4 is 50.8 Å². The topological polar surface area (TPSA) is 56.7 Å². The Kier molecular flexibility index (Phi) is 10.9. The second-order valence-corrected chi connectivity index (χ2v) is 26.7. The van der Waals surface area contributed by atoms with E-state index in [0.29, 0.717) is 23.2 Å². The zero-order valence-corrected chi connectivity index (χ0v) is 38.4. The van der Waals surface area contributed by atoms with E-state index in [0.717, 1.165) is 48.7 Å². The Balaban J connectivity index is 0.000000226. The molecule has 0 bridgehead atoms. The Morgan fingerprint density at radius 2 is 1.43 bits per heavy atom. The first-order chi connectivity index (χ1) is 28.7. The molecule has 0 aliphatic heterocycles. The van der Waals surface area contributed by atoms with E-state index in [-0.39, 0.29) is 25.8 Å². The average molecular weight is 1000 g/mol. The number of benzene rings is 5. The van der Waals surface area contributed by atoms with Crippen LogP contribution in [0.2, 0.25) is 17.3 Å². The molecule has 4 heterocycles. The van der Waals surface area contributed by atoms with Crippen LogP contribution in [0.5, 0.6) is 0 Å². The molecule has 0 aliphatic carbocycles. The van der Waals surface area contributed by atoms with E-state index >= 15 is 0 Å². The molecule has 1 radical (unpaired) electrons. The Morgan fingerprint density at radius 3 is 2.12 bits per heavy atom. The molecule has 0 amide bonds. The van der Waals surface area contributed by atoms with Crippen molar-refractivity contribution in [1.82, 2.24) is 19.5 Å². The SMILES string of the molecule is CC(C)c1cc(-c2ccccc2)cc(C(C)C)c1-n1c(-c2[c-]ccc3c2oc2ncccc23)nc2ccccc21.[2H]C([2H])([2H])c1nc(-c2[c-]cccc2)cc[c]1[Ge]([CH3])([CH3])[CH3].[Ir]. The zero-order chi connectivity index (χ0) is 42.3. The van der Waals surface area contributed by atoms with E-state index in [1.54, 1.807) is 6.20 Å². The van der Waals surface area contributed by atoms with Crippen LogP contribution in [0.3, 0.4) is 0 Å². The van der Waals surface area contributed by atoms with E-state index in [1.165, 1.54) is 27.9 Å². The molecule has 5 aromatic carbocycles. The minimum atomic E-state index is -2.27. The summed E-state index contributed by atoms with van der Waals surface area (Å²) in [6, 6.07) is 49.7. The molecule has 9 rings (SSSR count). The third kappa shape index (κ3) is 7.98. The number of fused-ring (bicyclic) bond motifs is 4. The minimum absolute atomic E-state index is 0. The summed E-state index contributed by atoms with van der Waals surface area (Å²) in [5.41, 5.74) is 12.2. The van der Waals surface area contributed by atoms with E-state index in [2.05, 4.69) is 138 Å². The van der Waals surface area contributed by atoms with Crippen LogP contribution < -0.4 is 4.40 Å². The minimum Gasteiger partial charge on any atom is 0 e. The molecular weight excluding hydrogens is 949 g/mol. The molecule has 0 spiro atoms. The van der Waals surface area contributed by atoms with Gasteiger partial charge in [-0.25, -0.2) is 4.98 Å². The number of rotatable bonds is 7. The molecule has 293 valence electrons. The fourth-order valence-corrected chi connectivity index (χ4v) is 10.4. The van der Waals surface area contributed by atoms with E-state index < -0.39 is 20.1 Å². The van der Waals surface area contributed by atoms with Crippen LogP contribution >= 0.6 is 0 Å². The van der Waals surface area contributed by atoms with E-state index in [4.69, 9.17) is 13.5 Å². The number of imidazole rings is 1. The van der Waals surface area contributed by atoms with Crippen LogP contribution in [0.1, 0.15) is 60.5 Å². The van der Waals surface area contributed by atoms with Gasteiger partial charge in [0.05, 0.1) is 22.4 Å². The number of furan rings is 1. The monoisotopic (exact) mass is 1000 g/mol. The van der Waals surface area contributed by atoms with Gasteiger partial charge in [0.15, 0.2) is 0 Å². The summed E-state index contributed by atoms with van der Waals surface area (Å²) in [6.07, 6.45) is 1.77. The summed E-state index contributed by atoms with van der Waals surface area (Å²) in [5.74, 6) is 7.95. The molecule has 58 heavy (non-hydrogen) atoms. The second-order valence-electron chi connectivity index (χ2n) is 16.1. The fraction of sp³-hybridized carbons (Fsp3) is 0.196. The van der Waals surface area contributed by atoms with Crippen molar-refractivity contribution in [3.8, 4) is 39.5 Å². The Labute approximate surface area is 362 Å². The summed E-state index contributed by atoms with van der Waals surface area (Å²) in [4.78, 5) is 14.1. The maximum atomic E-state index is 7.74. The third-order valence-electron chi connectivity index (χ3n) is 10.4. The van der Waals surface area contributed by atoms with Gasteiger partial charge in [-0.05, 0) is 70.5 Å². The van der Waals surface area contributed by atoms with Gasteiger partial charge in [-0.15, -0.1) is 18.2 Å². The van der Waals surface area contributed by atoms with Crippen molar-refractivity contribution in [3.63, 3.8) is 0 Å². The van der Waals surface area contributed by atoms with Crippen LogP contribution in [0.25, 0.3) is 72.6 Å². The molecule has 5 nitrogen and oxygen atoms in total. The predicted molar refractivity (Wildman–Crippen MR) is 240 cm³/mol. The summed E-state index contributed by atoms with van der Waals surface area (Å²) in [6.45, 7) is 6.92. The van der Waals surface area contributed by atoms with Crippen molar-refractivity contribution < 1.29 is 28.6 Å². The van der Waals surface area contributed by atoms with E-state index in [9.17, 15) is 0 Å². The van der Waals surface area contributed by atoms with Gasteiger partial charge >= 0.3 is 110 Å². The van der Waals surface area contributed by atoms with Gasteiger partial charge < -0.3 is 8.98 Å². The predicted octanol–water partition coefficient (Wildman–Crippen LogP) is 13.1. The molecule has 0 aliphatic rings. The maximum absolute atomic E-state index is 7.74. The normalized spacial score (nSPS) is 12.6. The number of aryl methyl sites for hydroxylation is 1. The molecule has 4 aromatic heterocycles. The van der Waals surface area contributed by atoms with Crippen molar-refractivity contribution in [3.05, 3.63) is 163 Å². The van der Waals surface area contributed by atoms with Crippen LogP contribution in [0.15, 0.2) is 138 Å². The Hall–Kier alpha value is -5.14. The Morgan fingerprint density at radius 1 is 0.707 bits per heavy atom. The average Bonchev–Trinajstić information content (AvgIpc) is 3.82.